The third-order valence-corrected chi connectivity index (χ3v) is 4.05. The molecule has 1 fully saturated rings. The smallest absolute Gasteiger partial charge is 0.227 e. The average molecular weight is 282 g/mol. The van der Waals surface area contributed by atoms with E-state index in [9.17, 15) is 13.6 Å². The van der Waals surface area contributed by atoms with Gasteiger partial charge >= 0.3 is 0 Å². The van der Waals surface area contributed by atoms with E-state index < -0.39 is 11.6 Å². The molecule has 3 nitrogen and oxygen atoms in total. The fourth-order valence-corrected chi connectivity index (χ4v) is 2.87. The number of halogens is 2. The number of carbonyl (C=O) groups excluding carboxylic acids is 1. The fraction of sp³-hybridized carbons (Fsp3) is 0.533. The summed E-state index contributed by atoms with van der Waals surface area (Å²) in [5.41, 5.74) is 5.84. The first-order valence-corrected chi connectivity index (χ1v) is 6.97. The van der Waals surface area contributed by atoms with E-state index in [-0.39, 0.29) is 23.9 Å². The van der Waals surface area contributed by atoms with E-state index in [4.69, 9.17) is 5.73 Å². The number of carbonyl (C=O) groups is 1. The number of hydrogen-bond donors (Lipinski definition) is 1. The molecule has 0 aliphatic carbocycles. The van der Waals surface area contributed by atoms with Crippen molar-refractivity contribution in [2.45, 2.75) is 32.2 Å². The second kappa shape index (κ2) is 6.31. The molecule has 1 aromatic carbocycles. The maximum Gasteiger partial charge on any atom is 0.227 e. The summed E-state index contributed by atoms with van der Waals surface area (Å²) in [4.78, 5) is 14.0. The molecule has 0 saturated carbocycles. The summed E-state index contributed by atoms with van der Waals surface area (Å²) in [7, 11) is 0. The van der Waals surface area contributed by atoms with Crippen LogP contribution in [-0.2, 0) is 11.2 Å². The van der Waals surface area contributed by atoms with Gasteiger partial charge in [0.05, 0.1) is 6.42 Å². The first kappa shape index (κ1) is 14.9. The Balaban J connectivity index is 2.12. The fourth-order valence-electron chi connectivity index (χ4n) is 2.87. The molecule has 2 rings (SSSR count). The largest absolute Gasteiger partial charge is 0.338 e. The molecule has 1 saturated heterocycles. The highest BCUT2D eigenvalue weighted by atomic mass is 19.2. The van der Waals surface area contributed by atoms with Crippen LogP contribution in [0.5, 0.6) is 0 Å². The van der Waals surface area contributed by atoms with Gasteiger partial charge in [-0.3, -0.25) is 4.79 Å². The van der Waals surface area contributed by atoms with E-state index in [1.54, 1.807) is 4.90 Å². The van der Waals surface area contributed by atoms with Gasteiger partial charge in [-0.15, -0.1) is 0 Å². The Kier molecular flexibility index (Phi) is 4.70. The summed E-state index contributed by atoms with van der Waals surface area (Å²) in [6.45, 7) is 3.11. The number of rotatable bonds is 3. The molecule has 2 N–H and O–H groups in total. The van der Waals surface area contributed by atoms with Crippen LogP contribution in [0.1, 0.15) is 25.3 Å². The van der Waals surface area contributed by atoms with Gasteiger partial charge in [0.1, 0.15) is 0 Å². The Labute approximate surface area is 117 Å². The number of nitrogens with two attached hydrogens (primary N) is 1. The standard InChI is InChI=1S/C15H20F2N2O/c1-10-4-3-7-19(13(10)9-18)14(20)8-11-5-2-6-12(16)15(11)17/h2,5-6,10,13H,3-4,7-9,18H2,1H3/t10-,13+/m1/s1. The Hall–Kier alpha value is -1.49. The Morgan fingerprint density at radius 3 is 2.90 bits per heavy atom. The number of amides is 1. The van der Waals surface area contributed by atoms with E-state index in [0.29, 0.717) is 19.0 Å². The second-order valence-corrected chi connectivity index (χ2v) is 5.40. The lowest BCUT2D eigenvalue weighted by molar-refractivity contribution is -0.135. The predicted octanol–water partition coefficient (Wildman–Crippen LogP) is 2.09. The molecule has 2 atom stereocenters. The van der Waals surface area contributed by atoms with Crippen molar-refractivity contribution in [3.05, 3.63) is 35.4 Å². The lowest BCUT2D eigenvalue weighted by Gasteiger charge is -2.39. The average Bonchev–Trinajstić information content (AvgIpc) is 2.43. The van der Waals surface area contributed by atoms with Gasteiger partial charge in [0.2, 0.25) is 5.91 Å². The number of hydrogen-bond acceptors (Lipinski definition) is 2. The van der Waals surface area contributed by atoms with Crippen LogP contribution in [0.2, 0.25) is 0 Å². The van der Waals surface area contributed by atoms with Crippen molar-refractivity contribution in [3.8, 4) is 0 Å². The van der Waals surface area contributed by atoms with Gasteiger partial charge in [0.15, 0.2) is 11.6 Å². The molecule has 1 aromatic rings. The van der Waals surface area contributed by atoms with Crippen molar-refractivity contribution in [2.24, 2.45) is 11.7 Å². The molecule has 1 aliphatic heterocycles. The van der Waals surface area contributed by atoms with Crippen molar-refractivity contribution in [2.75, 3.05) is 13.1 Å². The van der Waals surface area contributed by atoms with Crippen molar-refractivity contribution < 1.29 is 13.6 Å². The molecule has 0 bridgehead atoms. The van der Waals surface area contributed by atoms with Gasteiger partial charge in [-0.25, -0.2) is 8.78 Å². The minimum atomic E-state index is -0.935. The summed E-state index contributed by atoms with van der Waals surface area (Å²) in [5.74, 6) is -1.69. The molecule has 0 aromatic heterocycles. The van der Waals surface area contributed by atoms with Gasteiger partial charge in [0.25, 0.3) is 0 Å². The molecule has 110 valence electrons. The van der Waals surface area contributed by atoms with Gasteiger partial charge in [-0.2, -0.15) is 0 Å². The predicted molar refractivity (Wildman–Crippen MR) is 73.0 cm³/mol. The molecule has 1 heterocycles. The van der Waals surface area contributed by atoms with E-state index in [1.807, 2.05) is 0 Å². The molecular formula is C15H20F2N2O. The van der Waals surface area contributed by atoms with Crippen LogP contribution >= 0.6 is 0 Å². The van der Waals surface area contributed by atoms with Crippen molar-refractivity contribution >= 4 is 5.91 Å². The topological polar surface area (TPSA) is 46.3 Å². The quantitative estimate of drug-likeness (QED) is 0.922. The minimum Gasteiger partial charge on any atom is -0.338 e. The number of likely N-dealkylation sites (tertiary alicyclic amines) is 1. The molecule has 0 spiro atoms. The molecule has 0 radical (unpaired) electrons. The number of benzene rings is 1. The zero-order chi connectivity index (χ0) is 14.7. The van der Waals surface area contributed by atoms with Crippen LogP contribution in [0.4, 0.5) is 8.78 Å². The third-order valence-electron chi connectivity index (χ3n) is 4.05. The highest BCUT2D eigenvalue weighted by Gasteiger charge is 2.31. The van der Waals surface area contributed by atoms with Crippen molar-refractivity contribution in [3.63, 3.8) is 0 Å². The summed E-state index contributed by atoms with van der Waals surface area (Å²) in [6, 6.07) is 3.91. The van der Waals surface area contributed by atoms with Crippen LogP contribution in [0.25, 0.3) is 0 Å². The maximum atomic E-state index is 13.6. The van der Waals surface area contributed by atoms with Crippen molar-refractivity contribution in [1.82, 2.24) is 4.90 Å². The van der Waals surface area contributed by atoms with Gasteiger partial charge in [-0.1, -0.05) is 19.1 Å². The Bertz CT molecular complexity index is 493. The van der Waals surface area contributed by atoms with Crippen LogP contribution in [0.3, 0.4) is 0 Å². The maximum absolute atomic E-state index is 13.6. The first-order valence-electron chi connectivity index (χ1n) is 6.97. The monoisotopic (exact) mass is 282 g/mol. The van der Waals surface area contributed by atoms with E-state index in [1.165, 1.54) is 12.1 Å². The number of nitrogens with zero attached hydrogens (tertiary/aromatic N) is 1. The molecule has 5 heteroatoms. The molecule has 20 heavy (non-hydrogen) atoms. The Morgan fingerprint density at radius 1 is 1.45 bits per heavy atom. The summed E-state index contributed by atoms with van der Waals surface area (Å²) in [6.07, 6.45) is 1.85. The van der Waals surface area contributed by atoms with Crippen LogP contribution < -0.4 is 5.73 Å². The SMILES string of the molecule is C[C@@H]1CCCN(C(=O)Cc2cccc(F)c2F)[C@H]1CN. The number of piperidine rings is 1. The van der Waals surface area contributed by atoms with Gasteiger partial charge in [-0.05, 0) is 24.8 Å². The first-order chi connectivity index (χ1) is 9.54. The summed E-state index contributed by atoms with van der Waals surface area (Å²) < 4.78 is 26.8. The van der Waals surface area contributed by atoms with E-state index >= 15 is 0 Å². The highest BCUT2D eigenvalue weighted by Crippen LogP contribution is 2.24. The normalized spacial score (nSPS) is 22.9. The van der Waals surface area contributed by atoms with Crippen LogP contribution in [0, 0.1) is 17.6 Å². The highest BCUT2D eigenvalue weighted by molar-refractivity contribution is 5.79. The molecule has 1 aliphatic rings. The zero-order valence-electron chi connectivity index (χ0n) is 11.6. The van der Waals surface area contributed by atoms with E-state index in [2.05, 4.69) is 6.92 Å². The van der Waals surface area contributed by atoms with Gasteiger partial charge in [0, 0.05) is 24.7 Å². The molecule has 1 amide bonds. The molecular weight excluding hydrogens is 262 g/mol. The van der Waals surface area contributed by atoms with Crippen LogP contribution in [-0.4, -0.2) is 29.9 Å². The van der Waals surface area contributed by atoms with Gasteiger partial charge < -0.3 is 10.6 Å². The lowest BCUT2D eigenvalue weighted by Crippen LogP contribution is -2.51. The minimum absolute atomic E-state index is 0.00660. The second-order valence-electron chi connectivity index (χ2n) is 5.40. The van der Waals surface area contributed by atoms with E-state index in [0.717, 1.165) is 18.9 Å². The molecule has 0 unspecified atom stereocenters. The van der Waals surface area contributed by atoms with Crippen LogP contribution in [0.15, 0.2) is 18.2 Å². The third kappa shape index (κ3) is 2.98. The summed E-state index contributed by atoms with van der Waals surface area (Å²) >= 11 is 0. The van der Waals surface area contributed by atoms with Crippen molar-refractivity contribution in [1.29, 1.82) is 0 Å². The summed E-state index contributed by atoms with van der Waals surface area (Å²) in [5, 5.41) is 0. The Morgan fingerprint density at radius 2 is 2.20 bits per heavy atom. The zero-order valence-corrected chi connectivity index (χ0v) is 11.6. The lowest BCUT2D eigenvalue weighted by atomic mass is 9.90.